The van der Waals surface area contributed by atoms with Crippen LogP contribution in [0, 0.1) is 0 Å². The monoisotopic (exact) mass is 524 g/mol. The maximum Gasteiger partial charge on any atom is 0.408 e. The Labute approximate surface area is 224 Å². The van der Waals surface area contributed by atoms with Crippen molar-refractivity contribution >= 4 is 29.9 Å². The maximum absolute atomic E-state index is 12.9. The molecule has 10 nitrogen and oxygen atoms in total. The van der Waals surface area contributed by atoms with Crippen LogP contribution in [0.5, 0.6) is 0 Å². The van der Waals surface area contributed by atoms with Crippen LogP contribution in [0.4, 0.5) is 16.6 Å². The molecule has 1 atom stereocenters. The quantitative estimate of drug-likeness (QED) is 0.465. The number of pyridine rings is 1. The topological polar surface area (TPSA) is 135 Å². The number of hydrogen-bond donors (Lipinski definition) is 3. The van der Waals surface area contributed by atoms with Crippen molar-refractivity contribution in [3.05, 3.63) is 30.1 Å². The molecular formula is C28H40N6O4. The van der Waals surface area contributed by atoms with E-state index in [0.29, 0.717) is 42.4 Å². The van der Waals surface area contributed by atoms with Crippen LogP contribution < -0.4 is 16.0 Å². The number of fused-ring (bicyclic) bond motifs is 2. The summed E-state index contributed by atoms with van der Waals surface area (Å²) in [5.74, 6) is 1.25. The molecule has 0 fully saturated rings. The van der Waals surface area contributed by atoms with Gasteiger partial charge in [-0.1, -0.05) is 19.3 Å². The molecule has 3 rings (SSSR count). The first-order valence-corrected chi connectivity index (χ1v) is 13.5. The van der Waals surface area contributed by atoms with Gasteiger partial charge in [0.1, 0.15) is 11.4 Å². The number of nitrogens with one attached hydrogen (secondary N) is 3. The Morgan fingerprint density at radius 2 is 1.74 bits per heavy atom. The second-order valence-corrected chi connectivity index (χ2v) is 10.6. The number of aromatic nitrogens is 3. The largest absolute Gasteiger partial charge is 0.444 e. The number of rotatable bonds is 3. The number of ether oxygens (including phenoxy) is 1. The zero-order valence-corrected chi connectivity index (χ0v) is 22.7. The van der Waals surface area contributed by atoms with Crippen molar-refractivity contribution < 1.29 is 19.1 Å². The van der Waals surface area contributed by atoms with Crippen LogP contribution >= 0.6 is 0 Å². The van der Waals surface area contributed by atoms with Gasteiger partial charge in [-0.15, -0.1) is 0 Å². The van der Waals surface area contributed by atoms with Gasteiger partial charge in [-0.25, -0.2) is 9.78 Å². The summed E-state index contributed by atoms with van der Waals surface area (Å²) in [6, 6.07) is 2.93. The summed E-state index contributed by atoms with van der Waals surface area (Å²) < 4.78 is 5.39. The van der Waals surface area contributed by atoms with Gasteiger partial charge in [-0.05, 0) is 65.0 Å². The number of ketones is 1. The molecule has 0 spiro atoms. The molecule has 2 aromatic rings. The summed E-state index contributed by atoms with van der Waals surface area (Å²) in [5, 5.41) is 9.48. The molecule has 0 saturated heterocycles. The van der Waals surface area contributed by atoms with Gasteiger partial charge in [-0.2, -0.15) is 4.98 Å². The third-order valence-corrected chi connectivity index (χ3v) is 6.16. The van der Waals surface area contributed by atoms with Crippen LogP contribution in [-0.2, 0) is 9.53 Å². The highest BCUT2D eigenvalue weighted by atomic mass is 16.6. The summed E-state index contributed by atoms with van der Waals surface area (Å²) >= 11 is 0. The van der Waals surface area contributed by atoms with Crippen molar-refractivity contribution in [3.63, 3.8) is 0 Å². The lowest BCUT2D eigenvalue weighted by Crippen LogP contribution is -2.43. The molecule has 1 aliphatic rings. The fourth-order valence-electron chi connectivity index (χ4n) is 4.20. The Balaban J connectivity index is 1.71. The first-order valence-electron chi connectivity index (χ1n) is 13.5. The highest BCUT2D eigenvalue weighted by Gasteiger charge is 2.23. The fourth-order valence-corrected chi connectivity index (χ4v) is 4.20. The van der Waals surface area contributed by atoms with Gasteiger partial charge in [0.25, 0.3) is 0 Å². The van der Waals surface area contributed by atoms with E-state index in [1.807, 2.05) is 0 Å². The van der Waals surface area contributed by atoms with Crippen molar-refractivity contribution in [3.8, 4) is 11.3 Å². The number of amides is 1. The second-order valence-electron chi connectivity index (χ2n) is 10.6. The van der Waals surface area contributed by atoms with Crippen LogP contribution in [0.15, 0.2) is 24.5 Å². The van der Waals surface area contributed by atoms with Crippen LogP contribution in [0.25, 0.3) is 11.3 Å². The lowest BCUT2D eigenvalue weighted by Gasteiger charge is -2.23. The third-order valence-electron chi connectivity index (χ3n) is 6.16. The van der Waals surface area contributed by atoms with Gasteiger partial charge in [0.15, 0.2) is 12.1 Å². The number of nitrogens with zero attached hydrogens (tertiary/aromatic N) is 3. The highest BCUT2D eigenvalue weighted by molar-refractivity contribution is 5.87. The second kappa shape index (κ2) is 14.4. The van der Waals surface area contributed by atoms with E-state index < -0.39 is 17.7 Å². The van der Waals surface area contributed by atoms with Crippen LogP contribution in [0.2, 0.25) is 0 Å². The minimum atomic E-state index is -0.627. The minimum absolute atomic E-state index is 0.0548. The van der Waals surface area contributed by atoms with Gasteiger partial charge in [0, 0.05) is 37.5 Å². The summed E-state index contributed by atoms with van der Waals surface area (Å²) in [7, 11) is 0. The fraction of sp³-hybridized carbons (Fsp3) is 0.571. The number of hydrogen-bond acceptors (Lipinski definition) is 9. The predicted molar refractivity (Wildman–Crippen MR) is 147 cm³/mol. The first-order chi connectivity index (χ1) is 18.2. The summed E-state index contributed by atoms with van der Waals surface area (Å²) in [4.78, 5) is 49.9. The molecule has 0 saturated carbocycles. The molecule has 206 valence electrons. The average molecular weight is 525 g/mol. The number of carbonyl (C=O) groups excluding carboxylic acids is 3. The van der Waals surface area contributed by atoms with Crippen LogP contribution in [0.1, 0.15) is 88.9 Å². The Kier molecular flexibility index (Phi) is 11.0. The molecule has 0 radical (unpaired) electrons. The van der Waals surface area contributed by atoms with Crippen molar-refractivity contribution in [2.45, 2.75) is 90.2 Å². The summed E-state index contributed by atoms with van der Waals surface area (Å²) in [6.07, 6.45) is 10.8. The van der Waals surface area contributed by atoms with E-state index in [1.54, 1.807) is 39.1 Å². The molecule has 2 aromatic heterocycles. The van der Waals surface area contributed by atoms with E-state index >= 15 is 0 Å². The van der Waals surface area contributed by atoms with Gasteiger partial charge >= 0.3 is 6.09 Å². The number of alkyl carbamates (subject to hydrolysis) is 1. The van der Waals surface area contributed by atoms with Crippen molar-refractivity contribution in [1.29, 1.82) is 0 Å². The van der Waals surface area contributed by atoms with Gasteiger partial charge in [0.2, 0.25) is 5.95 Å². The van der Waals surface area contributed by atoms with E-state index in [1.165, 1.54) is 6.20 Å². The Hall–Kier alpha value is -3.56. The molecule has 1 aliphatic heterocycles. The Bertz CT molecular complexity index is 1070. The molecule has 1 amide bonds. The van der Waals surface area contributed by atoms with Crippen molar-refractivity contribution in [1.82, 2.24) is 20.3 Å². The molecule has 3 heterocycles. The molecule has 38 heavy (non-hydrogen) atoms. The van der Waals surface area contributed by atoms with Crippen molar-refractivity contribution in [2.24, 2.45) is 0 Å². The smallest absolute Gasteiger partial charge is 0.408 e. The van der Waals surface area contributed by atoms with Crippen molar-refractivity contribution in [2.75, 3.05) is 23.7 Å². The first kappa shape index (κ1) is 29.0. The standard InChI is InChI=1S/C28H40N6O4/c1-28(2,3)38-27(37)33-23-11-8-10-15-29-25-21(22-14-13-20(19-35)17-31-22)18-32-26(34-25)30-16-9-6-4-5-7-12-24(23)36/h13-14,17-19,23H,4-12,15-16H2,1-3H3,(H,33,37)(H2,29,30,32,34)/t23-/m0/s1. The molecule has 2 bridgehead atoms. The lowest BCUT2D eigenvalue weighted by atomic mass is 10.00. The van der Waals surface area contributed by atoms with E-state index in [4.69, 9.17) is 4.74 Å². The Morgan fingerprint density at radius 1 is 1.00 bits per heavy atom. The molecule has 0 aromatic carbocycles. The normalized spacial score (nSPS) is 18.2. The maximum atomic E-state index is 12.9. The predicted octanol–water partition coefficient (Wildman–Crippen LogP) is 5.16. The number of anilines is 2. The van der Waals surface area contributed by atoms with Gasteiger partial charge in [-0.3, -0.25) is 14.6 Å². The third kappa shape index (κ3) is 9.72. The Morgan fingerprint density at radius 3 is 2.47 bits per heavy atom. The lowest BCUT2D eigenvalue weighted by molar-refractivity contribution is -0.121. The van der Waals surface area contributed by atoms with E-state index in [9.17, 15) is 14.4 Å². The minimum Gasteiger partial charge on any atom is -0.444 e. The zero-order valence-electron chi connectivity index (χ0n) is 22.7. The molecule has 10 heteroatoms. The van der Waals surface area contributed by atoms with Gasteiger partial charge < -0.3 is 20.7 Å². The number of Topliss-reactive ketones (excluding diaryl/α,β-unsaturated/α-hetero) is 1. The highest BCUT2D eigenvalue weighted by Crippen LogP contribution is 2.25. The SMILES string of the molecule is CC(C)(C)OC(=O)N[C@H]1CCCCNc2nc(ncc2-c2ccc(C=O)cn2)NCCCCCCCC1=O. The molecule has 3 N–H and O–H groups in total. The number of carbonyl (C=O) groups is 3. The van der Waals surface area contributed by atoms with E-state index in [2.05, 4.69) is 30.9 Å². The van der Waals surface area contributed by atoms with Gasteiger partial charge in [0.05, 0.1) is 17.3 Å². The molecule has 0 aliphatic carbocycles. The van der Waals surface area contributed by atoms with Crippen LogP contribution in [0.3, 0.4) is 0 Å². The van der Waals surface area contributed by atoms with E-state index in [0.717, 1.165) is 63.3 Å². The number of aldehydes is 1. The average Bonchev–Trinajstić information content (AvgIpc) is 2.88. The molecule has 0 unspecified atom stereocenters. The zero-order chi connectivity index (χ0) is 27.4. The van der Waals surface area contributed by atoms with Crippen LogP contribution in [-0.4, -0.2) is 57.8 Å². The van der Waals surface area contributed by atoms with E-state index in [-0.39, 0.29) is 5.78 Å². The summed E-state index contributed by atoms with van der Waals surface area (Å²) in [6.45, 7) is 6.78. The summed E-state index contributed by atoms with van der Waals surface area (Å²) in [5.41, 5.74) is 1.28. The molecular weight excluding hydrogens is 484 g/mol.